The number of anilines is 1. The summed E-state index contributed by atoms with van der Waals surface area (Å²) in [6.45, 7) is 10.4. The average molecular weight is 266 g/mol. The summed E-state index contributed by atoms with van der Waals surface area (Å²) in [6, 6.07) is 0.272. The first-order valence-corrected chi connectivity index (χ1v) is 6.86. The smallest absolute Gasteiger partial charge is 0.131 e. The van der Waals surface area contributed by atoms with Crippen LogP contribution in [0.5, 0.6) is 0 Å². The van der Waals surface area contributed by atoms with Crippen LogP contribution < -0.4 is 10.6 Å². The third kappa shape index (κ3) is 3.88. The molecule has 0 radical (unpaired) electrons. The van der Waals surface area contributed by atoms with Crippen molar-refractivity contribution in [1.29, 1.82) is 0 Å². The van der Waals surface area contributed by atoms with Crippen LogP contribution in [-0.2, 0) is 11.3 Å². The quantitative estimate of drug-likeness (QED) is 0.817. The zero-order valence-corrected chi connectivity index (χ0v) is 12.7. The Kier molecular flexibility index (Phi) is 6.18. The molecule has 0 aliphatic rings. The third-order valence-electron chi connectivity index (χ3n) is 3.16. The van der Waals surface area contributed by atoms with Gasteiger partial charge in [-0.2, -0.15) is 0 Å². The van der Waals surface area contributed by atoms with Crippen LogP contribution in [0.1, 0.15) is 45.1 Å². The van der Waals surface area contributed by atoms with Crippen LogP contribution >= 0.6 is 0 Å². The molecule has 1 unspecified atom stereocenters. The summed E-state index contributed by atoms with van der Waals surface area (Å²) in [4.78, 5) is 11.3. The molecule has 0 aliphatic heterocycles. The van der Waals surface area contributed by atoms with E-state index in [2.05, 4.69) is 42.6 Å². The molecule has 2 N–H and O–H groups in total. The summed E-state index contributed by atoms with van der Waals surface area (Å²) in [5.41, 5.74) is 7.76. The number of ether oxygens (including phenoxy) is 1. The fourth-order valence-electron chi connectivity index (χ4n) is 2.15. The van der Waals surface area contributed by atoms with Gasteiger partial charge in [-0.1, -0.05) is 13.8 Å². The number of hydrogen-bond donors (Lipinski definition) is 1. The number of likely N-dealkylation sites (N-methyl/N-ethyl adjacent to an activating group) is 1. The van der Waals surface area contributed by atoms with Crippen molar-refractivity contribution in [2.45, 2.75) is 46.2 Å². The number of methoxy groups -OCH3 is 1. The first kappa shape index (κ1) is 15.9. The van der Waals surface area contributed by atoms with Gasteiger partial charge in [0.05, 0.1) is 24.2 Å². The van der Waals surface area contributed by atoms with E-state index in [9.17, 15) is 0 Å². The van der Waals surface area contributed by atoms with E-state index in [-0.39, 0.29) is 6.04 Å². The van der Waals surface area contributed by atoms with Crippen molar-refractivity contribution < 1.29 is 4.74 Å². The Morgan fingerprint density at radius 3 is 2.53 bits per heavy atom. The number of nitrogens with two attached hydrogens (primary N) is 1. The Bertz CT molecular complexity index is 395. The van der Waals surface area contributed by atoms with Gasteiger partial charge in [0, 0.05) is 32.2 Å². The van der Waals surface area contributed by atoms with E-state index in [1.54, 1.807) is 7.11 Å². The van der Waals surface area contributed by atoms with E-state index >= 15 is 0 Å². The molecule has 0 saturated carbocycles. The van der Waals surface area contributed by atoms with Crippen LogP contribution in [0.4, 0.5) is 5.69 Å². The minimum atomic E-state index is 0.272. The molecule has 1 rings (SSSR count). The van der Waals surface area contributed by atoms with Crippen LogP contribution in [0.15, 0.2) is 6.20 Å². The average Bonchev–Trinajstić information content (AvgIpc) is 2.40. The second kappa shape index (κ2) is 7.40. The van der Waals surface area contributed by atoms with Crippen molar-refractivity contribution in [2.75, 3.05) is 25.2 Å². The van der Waals surface area contributed by atoms with Crippen molar-refractivity contribution in [1.82, 2.24) is 9.97 Å². The predicted octanol–water partition coefficient (Wildman–Crippen LogP) is 1.92. The maximum Gasteiger partial charge on any atom is 0.131 e. The monoisotopic (exact) mass is 266 g/mol. The molecule has 0 saturated heterocycles. The molecule has 0 bridgehead atoms. The predicted molar refractivity (Wildman–Crippen MR) is 78.4 cm³/mol. The van der Waals surface area contributed by atoms with E-state index in [1.807, 2.05) is 6.20 Å². The van der Waals surface area contributed by atoms with Crippen molar-refractivity contribution in [3.63, 3.8) is 0 Å². The second-order valence-corrected chi connectivity index (χ2v) is 5.01. The van der Waals surface area contributed by atoms with Crippen molar-refractivity contribution in [2.24, 2.45) is 5.73 Å². The summed E-state index contributed by atoms with van der Waals surface area (Å²) >= 11 is 0. The van der Waals surface area contributed by atoms with Gasteiger partial charge in [-0.25, -0.2) is 9.97 Å². The highest BCUT2D eigenvalue weighted by atomic mass is 16.5. The Morgan fingerprint density at radius 1 is 1.37 bits per heavy atom. The zero-order chi connectivity index (χ0) is 14.4. The van der Waals surface area contributed by atoms with Crippen molar-refractivity contribution >= 4 is 5.69 Å². The van der Waals surface area contributed by atoms with E-state index in [1.165, 1.54) is 0 Å². The fourth-order valence-corrected chi connectivity index (χ4v) is 2.15. The Labute approximate surface area is 116 Å². The number of hydrogen-bond acceptors (Lipinski definition) is 5. The largest absolute Gasteiger partial charge is 0.383 e. The number of aromatic nitrogens is 2. The molecule has 0 fully saturated rings. The first-order chi connectivity index (χ1) is 9.04. The molecule has 19 heavy (non-hydrogen) atoms. The van der Waals surface area contributed by atoms with Gasteiger partial charge in [0.15, 0.2) is 0 Å². The molecule has 0 spiro atoms. The highest BCUT2D eigenvalue weighted by Gasteiger charge is 2.18. The first-order valence-electron chi connectivity index (χ1n) is 6.86. The molecule has 1 heterocycles. The lowest BCUT2D eigenvalue weighted by Crippen LogP contribution is -2.37. The Balaban J connectivity index is 3.09. The second-order valence-electron chi connectivity index (χ2n) is 5.01. The number of nitrogens with zero attached hydrogens (tertiary/aromatic N) is 3. The lowest BCUT2D eigenvalue weighted by Gasteiger charge is -2.30. The minimum Gasteiger partial charge on any atom is -0.383 e. The Morgan fingerprint density at radius 2 is 2.05 bits per heavy atom. The van der Waals surface area contributed by atoms with Crippen LogP contribution in [-0.4, -0.2) is 36.3 Å². The summed E-state index contributed by atoms with van der Waals surface area (Å²) in [5.74, 6) is 1.16. The molecule has 0 aliphatic carbocycles. The highest BCUT2D eigenvalue weighted by molar-refractivity contribution is 5.50. The van der Waals surface area contributed by atoms with Gasteiger partial charge < -0.3 is 15.4 Å². The fraction of sp³-hybridized carbons (Fsp3) is 0.714. The Hall–Kier alpha value is -1.20. The van der Waals surface area contributed by atoms with Gasteiger partial charge in [0.25, 0.3) is 0 Å². The van der Waals surface area contributed by atoms with E-state index in [0.29, 0.717) is 19.1 Å². The molecule has 0 amide bonds. The molecule has 1 aromatic heterocycles. The summed E-state index contributed by atoms with van der Waals surface area (Å²) in [6.07, 6.45) is 1.89. The van der Waals surface area contributed by atoms with Gasteiger partial charge in [0.1, 0.15) is 5.82 Å². The van der Waals surface area contributed by atoms with Crippen LogP contribution in [0.2, 0.25) is 0 Å². The SMILES string of the molecule is CCN(c1cnc(C(C)C)nc1CN)C(C)COC. The molecule has 5 nitrogen and oxygen atoms in total. The van der Waals surface area contributed by atoms with Crippen LogP contribution in [0.3, 0.4) is 0 Å². The maximum absolute atomic E-state index is 5.84. The molecular weight excluding hydrogens is 240 g/mol. The van der Waals surface area contributed by atoms with E-state index in [4.69, 9.17) is 10.5 Å². The van der Waals surface area contributed by atoms with Gasteiger partial charge in [-0.05, 0) is 13.8 Å². The minimum absolute atomic E-state index is 0.272. The van der Waals surface area contributed by atoms with E-state index < -0.39 is 0 Å². The zero-order valence-electron chi connectivity index (χ0n) is 12.7. The van der Waals surface area contributed by atoms with Crippen molar-refractivity contribution in [3.05, 3.63) is 17.7 Å². The standard InChI is InChI=1S/C14H26N4O/c1-6-18(11(4)9-19-5)13-8-16-14(10(2)3)17-12(13)7-15/h8,10-11H,6-7,9,15H2,1-5H3. The molecule has 1 atom stereocenters. The molecule has 0 aromatic carbocycles. The lowest BCUT2D eigenvalue weighted by molar-refractivity contribution is 0.182. The van der Waals surface area contributed by atoms with Gasteiger partial charge in [0.2, 0.25) is 0 Å². The van der Waals surface area contributed by atoms with E-state index in [0.717, 1.165) is 23.8 Å². The van der Waals surface area contributed by atoms with Crippen molar-refractivity contribution in [3.8, 4) is 0 Å². The third-order valence-corrected chi connectivity index (χ3v) is 3.16. The van der Waals surface area contributed by atoms with Crippen LogP contribution in [0, 0.1) is 0 Å². The summed E-state index contributed by atoms with van der Waals surface area (Å²) in [7, 11) is 1.71. The summed E-state index contributed by atoms with van der Waals surface area (Å²) in [5, 5.41) is 0. The van der Waals surface area contributed by atoms with Crippen LogP contribution in [0.25, 0.3) is 0 Å². The van der Waals surface area contributed by atoms with Gasteiger partial charge in [-0.15, -0.1) is 0 Å². The summed E-state index contributed by atoms with van der Waals surface area (Å²) < 4.78 is 5.23. The molecule has 1 aromatic rings. The topological polar surface area (TPSA) is 64.3 Å². The normalized spacial score (nSPS) is 12.8. The lowest BCUT2D eigenvalue weighted by atomic mass is 10.2. The molecule has 5 heteroatoms. The van der Waals surface area contributed by atoms with Gasteiger partial charge in [-0.3, -0.25) is 0 Å². The molecular formula is C14H26N4O. The highest BCUT2D eigenvalue weighted by Crippen LogP contribution is 2.22. The van der Waals surface area contributed by atoms with Gasteiger partial charge >= 0.3 is 0 Å². The number of rotatable bonds is 7. The maximum atomic E-state index is 5.84. The molecule has 108 valence electrons.